The second-order valence-electron chi connectivity index (χ2n) is 4.76. The van der Waals surface area contributed by atoms with Crippen LogP contribution in [0.4, 0.5) is 0 Å². The van der Waals surface area contributed by atoms with Crippen LogP contribution >= 0.6 is 11.6 Å². The smallest absolute Gasteiger partial charge is 0.202 e. The molecule has 0 saturated carbocycles. The fourth-order valence-electron chi connectivity index (χ4n) is 2.34. The summed E-state index contributed by atoms with van der Waals surface area (Å²) in [6.07, 6.45) is 0.374. The number of sulfone groups is 1. The molecule has 2 heterocycles. The number of Topliss-reactive ketones (excluding diaryl/α,β-unsaturated/α-hetero) is 1. The van der Waals surface area contributed by atoms with Crippen LogP contribution in [0.25, 0.3) is 11.0 Å². The SMILES string of the molecule is O=C(c1cc2cc(Cl)ccc2o1)C1CCS(=O)(=O)C1. The van der Waals surface area contributed by atoms with Gasteiger partial charge in [-0.3, -0.25) is 4.79 Å². The van der Waals surface area contributed by atoms with Crippen molar-refractivity contribution in [2.75, 3.05) is 11.5 Å². The van der Waals surface area contributed by atoms with Crippen molar-refractivity contribution >= 4 is 38.2 Å². The molecule has 19 heavy (non-hydrogen) atoms. The molecule has 1 atom stereocenters. The lowest BCUT2D eigenvalue weighted by atomic mass is 10.0. The molecular weight excluding hydrogens is 288 g/mol. The van der Waals surface area contributed by atoms with E-state index in [1.807, 2.05) is 0 Å². The van der Waals surface area contributed by atoms with E-state index in [1.165, 1.54) is 0 Å². The molecule has 0 spiro atoms. The third-order valence-corrected chi connectivity index (χ3v) is 5.33. The van der Waals surface area contributed by atoms with Crippen LogP contribution < -0.4 is 0 Å². The standard InChI is InChI=1S/C13H11ClO4S/c14-10-1-2-11-9(5-10)6-12(18-11)13(15)8-3-4-19(16,17)7-8/h1-2,5-6,8H,3-4,7H2. The van der Waals surface area contributed by atoms with E-state index in [0.29, 0.717) is 17.0 Å². The number of hydrogen-bond acceptors (Lipinski definition) is 4. The lowest BCUT2D eigenvalue weighted by Gasteiger charge is -2.02. The number of carbonyl (C=O) groups is 1. The van der Waals surface area contributed by atoms with Crippen LogP contribution in [-0.4, -0.2) is 25.7 Å². The van der Waals surface area contributed by atoms with Gasteiger partial charge in [0, 0.05) is 16.3 Å². The van der Waals surface area contributed by atoms with E-state index >= 15 is 0 Å². The molecule has 1 aromatic carbocycles. The number of hydrogen-bond donors (Lipinski definition) is 0. The zero-order chi connectivity index (χ0) is 13.6. The van der Waals surface area contributed by atoms with E-state index in [4.69, 9.17) is 16.0 Å². The van der Waals surface area contributed by atoms with E-state index in [-0.39, 0.29) is 23.0 Å². The average Bonchev–Trinajstić information content (AvgIpc) is 2.90. The highest BCUT2D eigenvalue weighted by atomic mass is 35.5. The Balaban J connectivity index is 1.94. The first-order valence-corrected chi connectivity index (χ1v) is 8.08. The first-order valence-electron chi connectivity index (χ1n) is 5.88. The molecule has 100 valence electrons. The second-order valence-corrected chi connectivity index (χ2v) is 7.42. The third-order valence-electron chi connectivity index (χ3n) is 3.32. The van der Waals surface area contributed by atoms with Gasteiger partial charge in [-0.2, -0.15) is 0 Å². The predicted molar refractivity (Wildman–Crippen MR) is 72.3 cm³/mol. The highest BCUT2D eigenvalue weighted by Gasteiger charge is 2.34. The molecule has 0 bridgehead atoms. The molecule has 3 rings (SSSR count). The van der Waals surface area contributed by atoms with Crippen molar-refractivity contribution in [1.82, 2.24) is 0 Å². The molecule has 1 saturated heterocycles. The topological polar surface area (TPSA) is 64.3 Å². The minimum atomic E-state index is -3.07. The molecule has 0 radical (unpaired) electrons. The second kappa shape index (κ2) is 4.35. The monoisotopic (exact) mass is 298 g/mol. The highest BCUT2D eigenvalue weighted by Crippen LogP contribution is 2.27. The molecule has 1 fully saturated rings. The Labute approximate surface area is 115 Å². The van der Waals surface area contributed by atoms with Gasteiger partial charge in [0.25, 0.3) is 0 Å². The van der Waals surface area contributed by atoms with Crippen molar-refractivity contribution < 1.29 is 17.6 Å². The van der Waals surface area contributed by atoms with E-state index in [9.17, 15) is 13.2 Å². The molecule has 1 unspecified atom stereocenters. The maximum absolute atomic E-state index is 12.2. The Bertz CT molecular complexity index is 760. The molecule has 0 aliphatic carbocycles. The Morgan fingerprint density at radius 3 is 2.79 bits per heavy atom. The van der Waals surface area contributed by atoms with Gasteiger partial charge in [0.15, 0.2) is 15.6 Å². The number of furan rings is 1. The molecular formula is C13H11ClO4S. The molecule has 1 aromatic heterocycles. The van der Waals surface area contributed by atoms with Crippen LogP contribution in [0, 0.1) is 5.92 Å². The highest BCUT2D eigenvalue weighted by molar-refractivity contribution is 7.91. The van der Waals surface area contributed by atoms with Crippen LogP contribution in [0.15, 0.2) is 28.7 Å². The molecule has 1 aliphatic rings. The number of halogens is 1. The number of rotatable bonds is 2. The van der Waals surface area contributed by atoms with Gasteiger partial charge in [0.2, 0.25) is 5.78 Å². The van der Waals surface area contributed by atoms with Crippen LogP contribution in [0.2, 0.25) is 5.02 Å². The van der Waals surface area contributed by atoms with Crippen molar-refractivity contribution in [2.45, 2.75) is 6.42 Å². The van der Waals surface area contributed by atoms with Gasteiger partial charge in [0.05, 0.1) is 11.5 Å². The summed E-state index contributed by atoms with van der Waals surface area (Å²) in [5.74, 6) is -0.521. The zero-order valence-electron chi connectivity index (χ0n) is 9.93. The van der Waals surface area contributed by atoms with E-state index < -0.39 is 15.8 Å². The van der Waals surface area contributed by atoms with Gasteiger partial charge in [-0.15, -0.1) is 0 Å². The Morgan fingerprint density at radius 2 is 2.11 bits per heavy atom. The Kier molecular flexibility index (Phi) is 2.91. The summed E-state index contributed by atoms with van der Waals surface area (Å²) in [6.45, 7) is 0. The lowest BCUT2D eigenvalue weighted by Crippen LogP contribution is -2.15. The van der Waals surface area contributed by atoms with Crippen LogP contribution in [-0.2, 0) is 9.84 Å². The van der Waals surface area contributed by atoms with E-state index in [0.717, 1.165) is 5.39 Å². The molecule has 0 amide bonds. The van der Waals surface area contributed by atoms with Gasteiger partial charge in [0.1, 0.15) is 5.58 Å². The van der Waals surface area contributed by atoms with Crippen molar-refractivity contribution in [3.63, 3.8) is 0 Å². The maximum atomic E-state index is 12.2. The molecule has 4 nitrogen and oxygen atoms in total. The van der Waals surface area contributed by atoms with Crippen molar-refractivity contribution in [2.24, 2.45) is 5.92 Å². The summed E-state index contributed by atoms with van der Waals surface area (Å²) >= 11 is 5.87. The van der Waals surface area contributed by atoms with Crippen molar-refractivity contribution in [1.29, 1.82) is 0 Å². The van der Waals surface area contributed by atoms with Gasteiger partial charge < -0.3 is 4.42 Å². The number of ketones is 1. The predicted octanol–water partition coefficient (Wildman–Crippen LogP) is 2.70. The molecule has 2 aromatic rings. The largest absolute Gasteiger partial charge is 0.453 e. The molecule has 0 N–H and O–H groups in total. The third kappa shape index (κ3) is 2.40. The first kappa shape index (κ1) is 12.7. The van der Waals surface area contributed by atoms with Crippen LogP contribution in [0.1, 0.15) is 17.0 Å². The average molecular weight is 299 g/mol. The van der Waals surface area contributed by atoms with E-state index in [1.54, 1.807) is 24.3 Å². The summed E-state index contributed by atoms with van der Waals surface area (Å²) in [7, 11) is -3.07. The summed E-state index contributed by atoms with van der Waals surface area (Å²) in [5.41, 5.74) is 0.577. The van der Waals surface area contributed by atoms with Crippen molar-refractivity contribution in [3.8, 4) is 0 Å². The van der Waals surface area contributed by atoms with Gasteiger partial charge in [-0.1, -0.05) is 11.6 Å². The normalized spacial score (nSPS) is 21.8. The summed E-state index contributed by atoms with van der Waals surface area (Å²) in [6, 6.07) is 6.71. The summed E-state index contributed by atoms with van der Waals surface area (Å²) in [5, 5.41) is 1.31. The van der Waals surface area contributed by atoms with Gasteiger partial charge in [-0.25, -0.2) is 8.42 Å². The number of carbonyl (C=O) groups excluding carboxylic acids is 1. The van der Waals surface area contributed by atoms with Crippen molar-refractivity contribution in [3.05, 3.63) is 35.0 Å². The Morgan fingerprint density at radius 1 is 1.32 bits per heavy atom. The lowest BCUT2D eigenvalue weighted by molar-refractivity contribution is 0.0907. The number of fused-ring (bicyclic) bond motifs is 1. The van der Waals surface area contributed by atoms with Crippen LogP contribution in [0.3, 0.4) is 0 Å². The summed E-state index contributed by atoms with van der Waals surface area (Å²) < 4.78 is 28.2. The molecule has 6 heteroatoms. The fraction of sp³-hybridized carbons (Fsp3) is 0.308. The first-order chi connectivity index (χ1) is 8.94. The molecule has 1 aliphatic heterocycles. The quantitative estimate of drug-likeness (QED) is 0.800. The van der Waals surface area contributed by atoms with Crippen LogP contribution in [0.5, 0.6) is 0 Å². The minimum absolute atomic E-state index is 0.0788. The van der Waals surface area contributed by atoms with Gasteiger partial charge in [-0.05, 0) is 30.7 Å². The minimum Gasteiger partial charge on any atom is -0.453 e. The maximum Gasteiger partial charge on any atom is 0.202 e. The number of benzene rings is 1. The Hall–Kier alpha value is -1.33. The summed E-state index contributed by atoms with van der Waals surface area (Å²) in [4.78, 5) is 12.2. The fourth-order valence-corrected chi connectivity index (χ4v) is 4.26. The van der Waals surface area contributed by atoms with Gasteiger partial charge >= 0.3 is 0 Å². The van der Waals surface area contributed by atoms with E-state index in [2.05, 4.69) is 0 Å². The zero-order valence-corrected chi connectivity index (χ0v) is 11.5.